The molecule has 0 spiro atoms. The lowest BCUT2D eigenvalue weighted by atomic mass is 10.2. The Morgan fingerprint density at radius 1 is 0.667 bits per heavy atom. The summed E-state index contributed by atoms with van der Waals surface area (Å²) in [7, 11) is 3.26. The first-order valence-corrected chi connectivity index (χ1v) is 8.59. The lowest BCUT2D eigenvalue weighted by molar-refractivity contribution is 0.416. The maximum Gasteiger partial charge on any atom is 0.148 e. The Balaban J connectivity index is 1.87. The van der Waals surface area contributed by atoms with Crippen LogP contribution in [-0.2, 0) is 0 Å². The number of rotatable bonds is 6. The minimum Gasteiger partial charge on any atom is -0.494 e. The highest BCUT2D eigenvalue weighted by molar-refractivity contribution is 6.02. The first-order chi connectivity index (χ1) is 13.1. The molecular weight excluding hydrogens is 340 g/mol. The summed E-state index contributed by atoms with van der Waals surface area (Å²) in [4.78, 5) is 9.24. The first kappa shape index (κ1) is 18.5. The van der Waals surface area contributed by atoms with Crippen molar-refractivity contribution in [2.45, 2.75) is 13.8 Å². The molecular formula is C22H22N2O3. The second-order valence-corrected chi connectivity index (χ2v) is 5.90. The van der Waals surface area contributed by atoms with Crippen LogP contribution in [0.3, 0.4) is 0 Å². The van der Waals surface area contributed by atoms with Crippen molar-refractivity contribution in [1.29, 1.82) is 0 Å². The van der Waals surface area contributed by atoms with Crippen molar-refractivity contribution < 1.29 is 13.9 Å². The van der Waals surface area contributed by atoms with Crippen LogP contribution >= 0.6 is 0 Å². The van der Waals surface area contributed by atoms with Crippen molar-refractivity contribution >= 4 is 22.8 Å². The van der Waals surface area contributed by atoms with Crippen LogP contribution in [-0.4, -0.2) is 25.6 Å². The molecule has 0 bridgehead atoms. The van der Waals surface area contributed by atoms with Crippen LogP contribution in [0.1, 0.15) is 25.4 Å². The van der Waals surface area contributed by atoms with Crippen molar-refractivity contribution in [1.82, 2.24) is 0 Å². The third kappa shape index (κ3) is 4.26. The zero-order valence-electron chi connectivity index (χ0n) is 15.9. The fraction of sp³-hybridized carbons (Fsp3) is 0.182. The van der Waals surface area contributed by atoms with E-state index in [1.54, 1.807) is 14.2 Å². The van der Waals surface area contributed by atoms with Crippen LogP contribution in [0.4, 0.5) is 11.4 Å². The number of ether oxygens (including phenoxy) is 2. The van der Waals surface area contributed by atoms with Crippen LogP contribution in [0.2, 0.25) is 0 Å². The Hall–Kier alpha value is -3.34. The van der Waals surface area contributed by atoms with E-state index in [1.807, 2.05) is 74.5 Å². The molecule has 27 heavy (non-hydrogen) atoms. The monoisotopic (exact) mass is 362 g/mol. The molecule has 1 aromatic heterocycles. The number of methoxy groups -OCH3 is 2. The number of benzene rings is 2. The molecule has 0 saturated heterocycles. The molecule has 0 aliphatic rings. The maximum atomic E-state index is 5.96. The second kappa shape index (κ2) is 8.36. The average Bonchev–Trinajstić information content (AvgIpc) is 3.19. The van der Waals surface area contributed by atoms with Gasteiger partial charge < -0.3 is 13.9 Å². The number of hydrogen-bond donors (Lipinski definition) is 0. The number of hydrogen-bond acceptors (Lipinski definition) is 5. The second-order valence-electron chi connectivity index (χ2n) is 5.90. The molecule has 2 aromatic carbocycles. The van der Waals surface area contributed by atoms with Crippen LogP contribution in [0.25, 0.3) is 0 Å². The molecule has 1 heterocycles. The Kier molecular flexibility index (Phi) is 5.71. The van der Waals surface area contributed by atoms with Gasteiger partial charge in [0.05, 0.1) is 25.6 Å². The SMILES string of the molecule is COc1ccccc1N=C(C)c1ccc(C(C)=Nc2ccccc2OC)o1. The van der Waals surface area contributed by atoms with Gasteiger partial charge in [-0.1, -0.05) is 24.3 Å². The van der Waals surface area contributed by atoms with Gasteiger partial charge in [0, 0.05) is 0 Å². The van der Waals surface area contributed by atoms with E-state index in [1.165, 1.54) is 0 Å². The van der Waals surface area contributed by atoms with Gasteiger partial charge in [0.15, 0.2) is 0 Å². The average molecular weight is 362 g/mol. The molecule has 0 aliphatic heterocycles. The standard InChI is InChI=1S/C22H22N2O3/c1-15(23-17-9-5-7-11-21(17)25-3)19-13-14-20(27-19)16(2)24-18-10-6-8-12-22(18)26-4/h5-14H,1-4H3. The lowest BCUT2D eigenvalue weighted by Gasteiger charge is -2.05. The molecule has 5 heteroatoms. The van der Waals surface area contributed by atoms with Gasteiger partial charge in [-0.05, 0) is 50.2 Å². The highest BCUT2D eigenvalue weighted by Crippen LogP contribution is 2.29. The Bertz CT molecular complexity index is 908. The number of furan rings is 1. The largest absolute Gasteiger partial charge is 0.494 e. The van der Waals surface area contributed by atoms with E-state index < -0.39 is 0 Å². The Morgan fingerprint density at radius 2 is 1.07 bits per heavy atom. The molecule has 0 N–H and O–H groups in total. The summed E-state index contributed by atoms with van der Waals surface area (Å²) in [6, 6.07) is 19.0. The van der Waals surface area contributed by atoms with Crippen molar-refractivity contribution in [2.24, 2.45) is 9.98 Å². The number of nitrogens with zero attached hydrogens (tertiary/aromatic N) is 2. The molecule has 138 valence electrons. The zero-order valence-corrected chi connectivity index (χ0v) is 15.9. The van der Waals surface area contributed by atoms with Gasteiger partial charge in [0.2, 0.25) is 0 Å². The van der Waals surface area contributed by atoms with E-state index in [2.05, 4.69) is 9.98 Å². The maximum absolute atomic E-state index is 5.96. The summed E-state index contributed by atoms with van der Waals surface area (Å²) in [5.74, 6) is 2.81. The highest BCUT2D eigenvalue weighted by atomic mass is 16.5. The van der Waals surface area contributed by atoms with Crippen LogP contribution in [0, 0.1) is 0 Å². The van der Waals surface area contributed by atoms with Gasteiger partial charge in [-0.2, -0.15) is 0 Å². The van der Waals surface area contributed by atoms with Crippen LogP contribution in [0.5, 0.6) is 11.5 Å². The van der Waals surface area contributed by atoms with E-state index in [0.717, 1.165) is 34.3 Å². The molecule has 0 radical (unpaired) electrons. The summed E-state index contributed by atoms with van der Waals surface area (Å²) in [5.41, 5.74) is 3.04. The van der Waals surface area contributed by atoms with Gasteiger partial charge >= 0.3 is 0 Å². The number of para-hydroxylation sites is 4. The molecule has 3 aromatic rings. The van der Waals surface area contributed by atoms with Crippen LogP contribution < -0.4 is 9.47 Å². The van der Waals surface area contributed by atoms with E-state index in [4.69, 9.17) is 13.9 Å². The third-order valence-electron chi connectivity index (χ3n) is 4.07. The molecule has 0 saturated carbocycles. The Labute approximate surface area is 159 Å². The summed E-state index contributed by atoms with van der Waals surface area (Å²) < 4.78 is 16.6. The first-order valence-electron chi connectivity index (χ1n) is 8.59. The third-order valence-corrected chi connectivity index (χ3v) is 4.07. The van der Waals surface area contributed by atoms with Gasteiger partial charge in [0.1, 0.15) is 34.4 Å². The quantitative estimate of drug-likeness (QED) is 0.538. The summed E-state index contributed by atoms with van der Waals surface area (Å²) >= 11 is 0. The molecule has 3 rings (SSSR count). The highest BCUT2D eigenvalue weighted by Gasteiger charge is 2.10. The molecule has 0 atom stereocenters. The summed E-state index contributed by atoms with van der Waals surface area (Å²) in [6.45, 7) is 3.81. The predicted octanol–water partition coefficient (Wildman–Crippen LogP) is 5.58. The molecule has 0 fully saturated rings. The lowest BCUT2D eigenvalue weighted by Crippen LogP contribution is -1.94. The predicted molar refractivity (Wildman–Crippen MR) is 108 cm³/mol. The minimum atomic E-state index is 0.686. The molecule has 5 nitrogen and oxygen atoms in total. The fourth-order valence-corrected chi connectivity index (χ4v) is 2.64. The Morgan fingerprint density at radius 3 is 1.48 bits per heavy atom. The van der Waals surface area contributed by atoms with E-state index in [-0.39, 0.29) is 0 Å². The molecule has 0 unspecified atom stereocenters. The fourth-order valence-electron chi connectivity index (χ4n) is 2.64. The van der Waals surface area contributed by atoms with Gasteiger partial charge in [0.25, 0.3) is 0 Å². The van der Waals surface area contributed by atoms with E-state index >= 15 is 0 Å². The van der Waals surface area contributed by atoms with E-state index in [9.17, 15) is 0 Å². The normalized spacial score (nSPS) is 12.1. The minimum absolute atomic E-state index is 0.686. The molecule has 0 aliphatic carbocycles. The summed E-state index contributed by atoms with van der Waals surface area (Å²) in [6.07, 6.45) is 0. The van der Waals surface area contributed by atoms with Gasteiger partial charge in [-0.15, -0.1) is 0 Å². The summed E-state index contributed by atoms with van der Waals surface area (Å²) in [5, 5.41) is 0. The number of aliphatic imine (C=N–C) groups is 2. The van der Waals surface area contributed by atoms with Gasteiger partial charge in [-0.25, -0.2) is 9.98 Å². The smallest absolute Gasteiger partial charge is 0.148 e. The zero-order chi connectivity index (χ0) is 19.2. The van der Waals surface area contributed by atoms with Crippen molar-refractivity contribution in [3.05, 3.63) is 72.2 Å². The van der Waals surface area contributed by atoms with E-state index in [0.29, 0.717) is 11.5 Å². The van der Waals surface area contributed by atoms with Crippen molar-refractivity contribution in [3.8, 4) is 11.5 Å². The van der Waals surface area contributed by atoms with Gasteiger partial charge in [-0.3, -0.25) is 0 Å². The topological polar surface area (TPSA) is 56.3 Å². The van der Waals surface area contributed by atoms with Crippen molar-refractivity contribution in [2.75, 3.05) is 14.2 Å². The molecule has 0 amide bonds. The van der Waals surface area contributed by atoms with Crippen molar-refractivity contribution in [3.63, 3.8) is 0 Å². The van der Waals surface area contributed by atoms with Crippen LogP contribution in [0.15, 0.2) is 75.1 Å².